The van der Waals surface area contributed by atoms with Crippen LogP contribution in [0, 0.1) is 0 Å². The van der Waals surface area contributed by atoms with Crippen molar-refractivity contribution < 1.29 is 28.9 Å². The summed E-state index contributed by atoms with van der Waals surface area (Å²) >= 11 is 0. The molecule has 0 aliphatic carbocycles. The third-order valence-corrected chi connectivity index (χ3v) is 5.10. The highest BCUT2D eigenvalue weighted by Crippen LogP contribution is 2.20. The van der Waals surface area contributed by atoms with Gasteiger partial charge in [-0.3, -0.25) is 0 Å². The molecule has 0 fully saturated rings. The van der Waals surface area contributed by atoms with Crippen LogP contribution in [0.15, 0.2) is 86.0 Å². The van der Waals surface area contributed by atoms with E-state index in [0.29, 0.717) is 13.1 Å². The van der Waals surface area contributed by atoms with E-state index in [0.717, 1.165) is 22.3 Å². The number of hydrogen-bond donors (Lipinski definition) is 2. The molecule has 0 spiro atoms. The van der Waals surface area contributed by atoms with Crippen LogP contribution in [0.2, 0.25) is 0 Å². The number of benzene rings is 2. The smallest absolute Gasteiger partial charge is 0.346 e. The quantitative estimate of drug-likeness (QED) is 0.395. The second-order valence-electron chi connectivity index (χ2n) is 7.70. The molecular weight excluding hydrogens is 408 g/mol. The van der Waals surface area contributed by atoms with Gasteiger partial charge in [-0.15, -0.1) is 0 Å². The molecule has 2 heterocycles. The Hall–Kier alpha value is -4.20. The van der Waals surface area contributed by atoms with Gasteiger partial charge in [0.2, 0.25) is 12.7 Å². The van der Waals surface area contributed by atoms with E-state index in [9.17, 15) is 9.59 Å². The first-order valence-electron chi connectivity index (χ1n) is 10.2. The lowest BCUT2D eigenvalue weighted by Gasteiger charge is -2.05. The van der Waals surface area contributed by atoms with Gasteiger partial charge in [-0.1, -0.05) is 48.5 Å². The third kappa shape index (κ3) is 5.48. The largest absolute Gasteiger partial charge is 0.478 e. The van der Waals surface area contributed by atoms with Gasteiger partial charge in [-0.2, -0.15) is 0 Å². The molecule has 0 aliphatic rings. The van der Waals surface area contributed by atoms with Gasteiger partial charge in [0.05, 0.1) is 0 Å². The zero-order chi connectivity index (χ0) is 22.5. The van der Waals surface area contributed by atoms with Crippen LogP contribution >= 0.6 is 0 Å². The van der Waals surface area contributed by atoms with Crippen molar-refractivity contribution in [3.05, 3.63) is 97.1 Å². The van der Waals surface area contributed by atoms with Crippen LogP contribution in [-0.4, -0.2) is 31.3 Å². The van der Waals surface area contributed by atoms with Gasteiger partial charge in [0, 0.05) is 0 Å². The van der Waals surface area contributed by atoms with Gasteiger partial charge in [0.25, 0.3) is 0 Å². The highest BCUT2D eigenvalue weighted by Gasteiger charge is 2.10. The molecule has 4 rings (SSSR count). The molecular formula is C24H24N4O4+2. The Morgan fingerprint density at radius 3 is 1.38 bits per heavy atom. The number of carboxylic acids is 2. The number of aromatic nitrogens is 4. The average Bonchev–Trinajstić information content (AvgIpc) is 3.37. The number of carboxylic acid groups (broad SMARTS) is 2. The van der Waals surface area contributed by atoms with Crippen molar-refractivity contribution in [1.29, 1.82) is 0 Å². The molecule has 0 unspecified atom stereocenters. The molecule has 0 aliphatic heterocycles. The van der Waals surface area contributed by atoms with E-state index in [2.05, 4.69) is 48.5 Å². The lowest BCUT2D eigenvalue weighted by Crippen LogP contribution is -2.31. The Kier molecular flexibility index (Phi) is 6.12. The SMILES string of the molecule is O=C(O)Cn1cc[n+](Cc2ccc(-c3ccc(C[n+]4ccn(CC(=O)O)c4)cc3)cc2)c1. The first-order chi connectivity index (χ1) is 15.4. The highest BCUT2D eigenvalue weighted by molar-refractivity contribution is 5.66. The maximum Gasteiger partial charge on any atom is 0.346 e. The third-order valence-electron chi connectivity index (χ3n) is 5.10. The monoisotopic (exact) mass is 432 g/mol. The van der Waals surface area contributed by atoms with E-state index in [4.69, 9.17) is 10.2 Å². The molecule has 0 amide bonds. The number of carbonyl (C=O) groups is 2. The fourth-order valence-corrected chi connectivity index (χ4v) is 3.59. The zero-order valence-electron chi connectivity index (χ0n) is 17.4. The minimum Gasteiger partial charge on any atom is -0.478 e. The zero-order valence-corrected chi connectivity index (χ0v) is 17.4. The van der Waals surface area contributed by atoms with Crippen molar-refractivity contribution >= 4 is 11.9 Å². The van der Waals surface area contributed by atoms with E-state index in [1.807, 2.05) is 21.5 Å². The molecule has 4 aromatic rings. The number of rotatable bonds is 9. The Morgan fingerprint density at radius 2 is 1.03 bits per heavy atom. The fourth-order valence-electron chi connectivity index (χ4n) is 3.59. The van der Waals surface area contributed by atoms with Crippen LogP contribution < -0.4 is 9.13 Å². The van der Waals surface area contributed by atoms with Crippen LogP contribution in [-0.2, 0) is 35.8 Å². The second-order valence-corrected chi connectivity index (χ2v) is 7.70. The summed E-state index contributed by atoms with van der Waals surface area (Å²) < 4.78 is 7.18. The first kappa shape index (κ1) is 21.0. The molecule has 0 bridgehead atoms. The van der Waals surface area contributed by atoms with Gasteiger partial charge < -0.3 is 10.2 Å². The van der Waals surface area contributed by atoms with Crippen LogP contribution in [0.4, 0.5) is 0 Å². The minimum atomic E-state index is -0.863. The topological polar surface area (TPSA) is 92.2 Å². The predicted octanol–water partition coefficient (Wildman–Crippen LogP) is 1.80. The van der Waals surface area contributed by atoms with E-state index in [-0.39, 0.29) is 13.1 Å². The van der Waals surface area contributed by atoms with Crippen molar-refractivity contribution in [3.8, 4) is 11.1 Å². The lowest BCUT2D eigenvalue weighted by atomic mass is 10.0. The molecule has 0 saturated heterocycles. The van der Waals surface area contributed by atoms with Gasteiger partial charge in [-0.25, -0.2) is 27.9 Å². The summed E-state index contributed by atoms with van der Waals surface area (Å²) in [5.74, 6) is -1.73. The van der Waals surface area contributed by atoms with E-state index in [1.54, 1.807) is 34.2 Å². The molecule has 2 aromatic heterocycles. The summed E-state index contributed by atoms with van der Waals surface area (Å²) in [5, 5.41) is 17.7. The maximum atomic E-state index is 10.8. The van der Waals surface area contributed by atoms with E-state index in [1.165, 1.54) is 0 Å². The lowest BCUT2D eigenvalue weighted by molar-refractivity contribution is -0.687. The van der Waals surface area contributed by atoms with Crippen LogP contribution in [0.3, 0.4) is 0 Å². The van der Waals surface area contributed by atoms with Gasteiger partial charge >= 0.3 is 11.9 Å². The number of hydrogen-bond acceptors (Lipinski definition) is 2. The summed E-state index contributed by atoms with van der Waals surface area (Å²) in [4.78, 5) is 21.6. The molecule has 8 nitrogen and oxygen atoms in total. The standard InChI is InChI=1S/C24H22N4O4/c29-23(30)15-27-11-9-25(17-27)13-19-1-5-21(6-2-19)22-7-3-20(4-8-22)14-26-10-12-28(18-26)16-24(31)32/h1-12,17-18H,13-16H2/p+2. The number of nitrogens with zero attached hydrogens (tertiary/aromatic N) is 4. The Labute approximate surface area is 184 Å². The van der Waals surface area contributed by atoms with Gasteiger partial charge in [0.15, 0.2) is 13.1 Å². The van der Waals surface area contributed by atoms with Crippen molar-refractivity contribution in [2.24, 2.45) is 0 Å². The summed E-state index contributed by atoms with van der Waals surface area (Å²) in [7, 11) is 0. The molecule has 8 heteroatoms. The minimum absolute atomic E-state index is 0.0470. The second kappa shape index (κ2) is 9.30. The summed E-state index contributed by atoms with van der Waals surface area (Å²) in [5.41, 5.74) is 4.50. The Bertz CT molecular complexity index is 1130. The van der Waals surface area contributed by atoms with Crippen LogP contribution in [0.5, 0.6) is 0 Å². The number of imidazole rings is 2. The summed E-state index contributed by atoms with van der Waals surface area (Å²) in [6.07, 6.45) is 10.8. The average molecular weight is 432 g/mol. The summed E-state index contributed by atoms with van der Waals surface area (Å²) in [6.45, 7) is 1.25. The van der Waals surface area contributed by atoms with Gasteiger partial charge in [-0.05, 0) is 22.3 Å². The van der Waals surface area contributed by atoms with E-state index >= 15 is 0 Å². The van der Waals surface area contributed by atoms with Crippen molar-refractivity contribution in [1.82, 2.24) is 9.13 Å². The van der Waals surface area contributed by atoms with Gasteiger partial charge in [0.1, 0.15) is 37.9 Å². The van der Waals surface area contributed by atoms with Crippen LogP contribution in [0.25, 0.3) is 11.1 Å². The molecule has 2 N–H and O–H groups in total. The van der Waals surface area contributed by atoms with Crippen molar-refractivity contribution in [3.63, 3.8) is 0 Å². The molecule has 0 saturated carbocycles. The predicted molar refractivity (Wildman–Crippen MR) is 115 cm³/mol. The molecule has 0 radical (unpaired) electrons. The number of aliphatic carboxylic acids is 2. The molecule has 32 heavy (non-hydrogen) atoms. The van der Waals surface area contributed by atoms with E-state index < -0.39 is 11.9 Å². The molecule has 0 atom stereocenters. The van der Waals surface area contributed by atoms with Crippen molar-refractivity contribution in [2.45, 2.75) is 26.2 Å². The highest BCUT2D eigenvalue weighted by atomic mass is 16.4. The fraction of sp³-hybridized carbons (Fsp3) is 0.167. The summed E-state index contributed by atoms with van der Waals surface area (Å²) in [6, 6.07) is 16.6. The van der Waals surface area contributed by atoms with Crippen molar-refractivity contribution in [2.75, 3.05) is 0 Å². The Balaban J connectivity index is 1.37. The Morgan fingerprint density at radius 1 is 0.656 bits per heavy atom. The molecule has 2 aromatic carbocycles. The first-order valence-corrected chi connectivity index (χ1v) is 10.2. The van der Waals surface area contributed by atoms with Crippen LogP contribution in [0.1, 0.15) is 11.1 Å². The normalized spacial score (nSPS) is 10.9. The maximum absolute atomic E-state index is 10.8. The molecule has 162 valence electrons.